The maximum absolute atomic E-state index is 13.6. The van der Waals surface area contributed by atoms with Gasteiger partial charge >= 0.3 is 6.09 Å². The molecule has 7 heteroatoms. The van der Waals surface area contributed by atoms with E-state index in [0.717, 1.165) is 22.2 Å². The molecule has 1 aliphatic carbocycles. The fraction of sp³-hybridized carbons (Fsp3) is 0.667. The number of ether oxygens (including phenoxy) is 1. The minimum absolute atomic E-state index is 0.0195. The van der Waals surface area contributed by atoms with Crippen LogP contribution in [0.15, 0.2) is 18.5 Å². The van der Waals surface area contributed by atoms with Crippen molar-refractivity contribution in [3.63, 3.8) is 0 Å². The highest BCUT2D eigenvalue weighted by Crippen LogP contribution is 2.44. The van der Waals surface area contributed by atoms with Gasteiger partial charge in [-0.1, -0.05) is 41.5 Å². The van der Waals surface area contributed by atoms with Crippen molar-refractivity contribution in [2.45, 2.75) is 110 Å². The third kappa shape index (κ3) is 4.68. The molecule has 0 spiro atoms. The van der Waals surface area contributed by atoms with E-state index in [9.17, 15) is 9.59 Å². The molecule has 3 rings (SSSR count). The van der Waals surface area contributed by atoms with Crippen LogP contribution >= 0.6 is 0 Å². The van der Waals surface area contributed by atoms with Gasteiger partial charge in [0.15, 0.2) is 14.0 Å². The van der Waals surface area contributed by atoms with Gasteiger partial charge in [-0.3, -0.25) is 4.79 Å². The molecule has 6 nitrogen and oxygen atoms in total. The van der Waals surface area contributed by atoms with Gasteiger partial charge in [0.05, 0.1) is 0 Å². The van der Waals surface area contributed by atoms with E-state index in [1.165, 1.54) is 0 Å². The van der Waals surface area contributed by atoms with Gasteiger partial charge in [0.1, 0.15) is 11.2 Å². The quantitative estimate of drug-likeness (QED) is 0.344. The molecule has 1 aliphatic rings. The standard InChI is InChI=1S/C27H43N3O3Si/c1-16(2)34(17(3)4,18(5)6)30-12-11-22-23(19(7)15-28-25(22)30)24(31)20-13-21(14-20)29-26(32)33-27(8,9)10/h11-12,15-18,20-21H,13-14H2,1-10H3,(H,29,32). The van der Waals surface area contributed by atoms with Crippen LogP contribution in [0.4, 0.5) is 4.79 Å². The molecule has 1 fully saturated rings. The molecule has 0 atom stereocenters. The molecule has 0 radical (unpaired) electrons. The zero-order valence-electron chi connectivity index (χ0n) is 22.7. The average Bonchev–Trinajstić information content (AvgIpc) is 3.06. The number of nitrogens with zero attached hydrogens (tertiary/aromatic N) is 2. The van der Waals surface area contributed by atoms with Crippen LogP contribution in [0, 0.1) is 12.8 Å². The van der Waals surface area contributed by atoms with E-state index in [1.807, 2.05) is 33.9 Å². The fourth-order valence-electron chi connectivity index (χ4n) is 6.29. The Balaban J connectivity index is 1.89. The molecule has 2 aromatic heterocycles. The predicted molar refractivity (Wildman–Crippen MR) is 141 cm³/mol. The summed E-state index contributed by atoms with van der Waals surface area (Å²) in [4.78, 5) is 30.5. The van der Waals surface area contributed by atoms with Crippen molar-refractivity contribution in [1.29, 1.82) is 0 Å². The number of amides is 1. The van der Waals surface area contributed by atoms with E-state index < -0.39 is 19.9 Å². The number of carbonyl (C=O) groups is 2. The summed E-state index contributed by atoms with van der Waals surface area (Å²) in [6.45, 7) is 21.5. The predicted octanol–water partition coefficient (Wildman–Crippen LogP) is 6.85. The Morgan fingerprint density at radius 1 is 1.09 bits per heavy atom. The van der Waals surface area contributed by atoms with E-state index in [2.05, 4.69) is 63.4 Å². The molecule has 0 bridgehead atoms. The smallest absolute Gasteiger partial charge is 0.407 e. The number of carbonyl (C=O) groups excluding carboxylic acids is 2. The van der Waals surface area contributed by atoms with Crippen LogP contribution in [-0.2, 0) is 4.74 Å². The molecule has 0 saturated heterocycles. The van der Waals surface area contributed by atoms with Crippen LogP contribution < -0.4 is 5.32 Å². The summed E-state index contributed by atoms with van der Waals surface area (Å²) in [6, 6.07) is 2.08. The topological polar surface area (TPSA) is 73.2 Å². The number of alkyl carbamates (subject to hydrolysis) is 1. The number of aryl methyl sites for hydroxylation is 1. The highest BCUT2D eigenvalue weighted by atomic mass is 28.3. The van der Waals surface area contributed by atoms with Crippen molar-refractivity contribution < 1.29 is 14.3 Å². The summed E-state index contributed by atoms with van der Waals surface area (Å²) in [6.07, 6.45) is 4.92. The van der Waals surface area contributed by atoms with Gasteiger partial charge in [-0.05, 0) is 75.0 Å². The summed E-state index contributed by atoms with van der Waals surface area (Å²) >= 11 is 0. The van der Waals surface area contributed by atoms with Crippen LogP contribution in [0.25, 0.3) is 11.0 Å². The lowest BCUT2D eigenvalue weighted by Gasteiger charge is -2.44. The first-order valence-electron chi connectivity index (χ1n) is 12.7. The second-order valence-corrected chi connectivity index (χ2v) is 17.7. The Labute approximate surface area is 205 Å². The van der Waals surface area contributed by atoms with Gasteiger partial charge in [-0.15, -0.1) is 0 Å². The summed E-state index contributed by atoms with van der Waals surface area (Å²) in [5, 5.41) is 3.86. The van der Waals surface area contributed by atoms with Crippen molar-refractivity contribution in [3.05, 3.63) is 29.6 Å². The van der Waals surface area contributed by atoms with Gasteiger partial charge in [-0.25, -0.2) is 9.78 Å². The molecule has 0 unspecified atom stereocenters. The minimum Gasteiger partial charge on any atom is -0.444 e. The number of hydrogen-bond acceptors (Lipinski definition) is 4. The number of Topliss-reactive ketones (excluding diaryl/α,β-unsaturated/α-hetero) is 1. The Hall–Kier alpha value is -2.15. The molecule has 0 aromatic carbocycles. The van der Waals surface area contributed by atoms with Gasteiger partial charge in [0.25, 0.3) is 0 Å². The summed E-state index contributed by atoms with van der Waals surface area (Å²) < 4.78 is 7.82. The van der Waals surface area contributed by atoms with E-state index in [1.54, 1.807) is 0 Å². The molecule has 2 heterocycles. The Bertz CT molecular complexity index is 1040. The maximum Gasteiger partial charge on any atom is 0.407 e. The van der Waals surface area contributed by atoms with Gasteiger partial charge in [0, 0.05) is 29.1 Å². The summed E-state index contributed by atoms with van der Waals surface area (Å²) in [5.41, 5.74) is 3.74. The summed E-state index contributed by atoms with van der Waals surface area (Å²) in [7, 11) is -1.98. The molecule has 1 amide bonds. The first-order chi connectivity index (χ1) is 15.7. The highest BCUT2D eigenvalue weighted by molar-refractivity contribution is 6.82. The Morgan fingerprint density at radius 2 is 1.65 bits per heavy atom. The zero-order valence-corrected chi connectivity index (χ0v) is 23.7. The second kappa shape index (κ2) is 9.48. The van der Waals surface area contributed by atoms with Crippen LogP contribution in [0.5, 0.6) is 0 Å². The van der Waals surface area contributed by atoms with Crippen LogP contribution in [0.1, 0.15) is 91.1 Å². The van der Waals surface area contributed by atoms with E-state index in [-0.39, 0.29) is 17.7 Å². The van der Waals surface area contributed by atoms with Crippen LogP contribution in [0.2, 0.25) is 16.6 Å². The van der Waals surface area contributed by atoms with Gasteiger partial charge in [-0.2, -0.15) is 0 Å². The number of fused-ring (bicyclic) bond motifs is 1. The Morgan fingerprint density at radius 3 is 2.15 bits per heavy atom. The summed E-state index contributed by atoms with van der Waals surface area (Å²) in [5.74, 6) is 0.0747. The number of ketones is 1. The first-order valence-corrected chi connectivity index (χ1v) is 14.9. The third-order valence-corrected chi connectivity index (χ3v) is 14.3. The van der Waals surface area contributed by atoms with Gasteiger partial charge in [0.2, 0.25) is 0 Å². The largest absolute Gasteiger partial charge is 0.444 e. The van der Waals surface area contributed by atoms with E-state index >= 15 is 0 Å². The lowest BCUT2D eigenvalue weighted by Crippen LogP contribution is -2.51. The monoisotopic (exact) mass is 485 g/mol. The number of hydrogen-bond donors (Lipinski definition) is 1. The third-order valence-electron chi connectivity index (χ3n) is 7.57. The van der Waals surface area contributed by atoms with E-state index in [0.29, 0.717) is 29.5 Å². The normalized spacial score (nSPS) is 19.1. The Kier molecular flexibility index (Phi) is 7.37. The van der Waals surface area contributed by atoms with Gasteiger partial charge < -0.3 is 14.3 Å². The minimum atomic E-state index is -1.98. The van der Waals surface area contributed by atoms with Crippen LogP contribution in [0.3, 0.4) is 0 Å². The molecule has 0 aliphatic heterocycles. The van der Waals surface area contributed by atoms with Crippen LogP contribution in [-0.4, -0.2) is 41.0 Å². The lowest BCUT2D eigenvalue weighted by molar-refractivity contribution is 0.0439. The molecule has 34 heavy (non-hydrogen) atoms. The second-order valence-electron chi connectivity index (χ2n) is 12.0. The SMILES string of the molecule is Cc1cnc2c(ccn2[Si](C(C)C)(C(C)C)C(C)C)c1C(=O)C1CC(NC(=O)OC(C)(C)C)C1. The lowest BCUT2D eigenvalue weighted by atomic mass is 9.75. The number of aromatic nitrogens is 2. The van der Waals surface area contributed by atoms with E-state index in [4.69, 9.17) is 9.72 Å². The molecule has 188 valence electrons. The number of pyridine rings is 1. The van der Waals surface area contributed by atoms with Crippen molar-refractivity contribution in [1.82, 2.24) is 14.5 Å². The average molecular weight is 486 g/mol. The van der Waals surface area contributed by atoms with Crippen molar-refractivity contribution >= 4 is 31.1 Å². The number of rotatable bonds is 7. The highest BCUT2D eigenvalue weighted by Gasteiger charge is 2.46. The molecular formula is C27H43N3O3Si. The molecule has 1 N–H and O–H groups in total. The molecule has 1 saturated carbocycles. The zero-order chi connectivity index (χ0) is 25.6. The molecular weight excluding hydrogens is 442 g/mol. The molecule has 2 aromatic rings. The van der Waals surface area contributed by atoms with Crippen molar-refractivity contribution in [2.75, 3.05) is 0 Å². The first kappa shape index (κ1) is 26.5. The van der Waals surface area contributed by atoms with Crippen molar-refractivity contribution in [3.8, 4) is 0 Å². The maximum atomic E-state index is 13.6. The fourth-order valence-corrected chi connectivity index (χ4v) is 12.8. The number of nitrogens with one attached hydrogen (secondary N) is 1. The van der Waals surface area contributed by atoms with Crippen molar-refractivity contribution in [2.24, 2.45) is 5.92 Å².